The van der Waals surface area contributed by atoms with E-state index in [1.807, 2.05) is 19.1 Å². The first-order valence-corrected chi connectivity index (χ1v) is 14.3. The number of fused-ring (bicyclic) bond motifs is 1. The molecule has 0 bridgehead atoms. The van der Waals surface area contributed by atoms with Gasteiger partial charge < -0.3 is 10.1 Å². The maximum Gasteiger partial charge on any atom is 0.264 e. The first kappa shape index (κ1) is 25.3. The van der Waals surface area contributed by atoms with E-state index in [1.165, 1.54) is 29.1 Å². The van der Waals surface area contributed by atoms with Crippen molar-refractivity contribution >= 4 is 21.6 Å². The first-order valence-electron chi connectivity index (χ1n) is 12.8. The van der Waals surface area contributed by atoms with E-state index in [-0.39, 0.29) is 17.3 Å². The van der Waals surface area contributed by atoms with Gasteiger partial charge in [0.25, 0.3) is 15.9 Å². The fraction of sp³-hybridized carbons (Fsp3) is 0.345. The molecule has 2 heterocycles. The Morgan fingerprint density at radius 3 is 2.32 bits per heavy atom. The van der Waals surface area contributed by atoms with Gasteiger partial charge >= 0.3 is 0 Å². The molecule has 1 saturated heterocycles. The van der Waals surface area contributed by atoms with Gasteiger partial charge in [-0.2, -0.15) is 0 Å². The fourth-order valence-electron chi connectivity index (χ4n) is 4.85. The molecule has 0 aromatic heterocycles. The van der Waals surface area contributed by atoms with Crippen molar-refractivity contribution in [3.05, 3.63) is 89.5 Å². The van der Waals surface area contributed by atoms with Crippen LogP contribution in [0.5, 0.6) is 5.75 Å². The average Bonchev–Trinajstić information content (AvgIpc) is 2.92. The molecule has 1 N–H and O–H groups in total. The summed E-state index contributed by atoms with van der Waals surface area (Å²) in [5, 5.41) is 2.92. The van der Waals surface area contributed by atoms with Gasteiger partial charge in [0, 0.05) is 13.1 Å². The molecule has 0 spiro atoms. The quantitative estimate of drug-likeness (QED) is 0.505. The number of aryl methyl sites for hydroxylation is 1. The fourth-order valence-corrected chi connectivity index (χ4v) is 6.32. The van der Waals surface area contributed by atoms with E-state index >= 15 is 0 Å². The largest absolute Gasteiger partial charge is 0.476 e. The van der Waals surface area contributed by atoms with E-state index in [4.69, 9.17) is 4.74 Å². The molecule has 0 saturated carbocycles. The van der Waals surface area contributed by atoms with Crippen LogP contribution >= 0.6 is 0 Å². The van der Waals surface area contributed by atoms with Gasteiger partial charge in [-0.1, -0.05) is 60.5 Å². The molecule has 37 heavy (non-hydrogen) atoms. The summed E-state index contributed by atoms with van der Waals surface area (Å²) in [7, 11) is -3.87. The predicted octanol–water partition coefficient (Wildman–Crippen LogP) is 4.25. The van der Waals surface area contributed by atoms with Gasteiger partial charge in [0.05, 0.1) is 17.1 Å². The molecule has 7 nitrogen and oxygen atoms in total. The molecular formula is C29H33N3O4S. The predicted molar refractivity (Wildman–Crippen MR) is 144 cm³/mol. The number of piperidine rings is 1. The summed E-state index contributed by atoms with van der Waals surface area (Å²) in [6.45, 7) is 5.40. The van der Waals surface area contributed by atoms with Crippen LogP contribution in [0.2, 0.25) is 0 Å². The Morgan fingerprint density at radius 1 is 0.919 bits per heavy atom. The van der Waals surface area contributed by atoms with Gasteiger partial charge in [0.1, 0.15) is 5.75 Å². The zero-order chi connectivity index (χ0) is 25.8. The lowest BCUT2D eigenvalue weighted by atomic mass is 10.1. The second-order valence-corrected chi connectivity index (χ2v) is 11.7. The minimum absolute atomic E-state index is 0.103. The third kappa shape index (κ3) is 5.81. The number of amides is 1. The first-order chi connectivity index (χ1) is 17.9. The standard InChI is InChI=1S/C29H33N3O4S/c1-22-9-15-25(16-10-22)37(34,35)32-21-28(36-27-8-4-3-7-26(27)32)29(33)30-19-23-11-13-24(14-12-23)20-31-17-5-2-6-18-31/h3-4,7-16,28H,2,5-6,17-21H2,1H3,(H,30,33)/t28-/m0/s1. The topological polar surface area (TPSA) is 79.0 Å². The molecule has 2 aliphatic heterocycles. The summed E-state index contributed by atoms with van der Waals surface area (Å²) in [6.07, 6.45) is 2.89. The number of nitrogens with zero attached hydrogens (tertiary/aromatic N) is 2. The van der Waals surface area contributed by atoms with Crippen LogP contribution in [0.15, 0.2) is 77.7 Å². The molecule has 1 amide bonds. The second kappa shape index (κ2) is 10.9. The van der Waals surface area contributed by atoms with Gasteiger partial charge in [0.15, 0.2) is 6.10 Å². The van der Waals surface area contributed by atoms with Crippen LogP contribution in [0, 0.1) is 6.92 Å². The second-order valence-electron chi connectivity index (χ2n) is 9.79. The molecule has 194 valence electrons. The number of rotatable bonds is 7. The summed E-state index contributed by atoms with van der Waals surface area (Å²) in [5.41, 5.74) is 3.65. The van der Waals surface area contributed by atoms with Crippen LogP contribution in [0.4, 0.5) is 5.69 Å². The number of carbonyl (C=O) groups excluding carboxylic acids is 1. The SMILES string of the molecule is Cc1ccc(S(=O)(=O)N2C[C@@H](C(=O)NCc3ccc(CN4CCCCC4)cc3)Oc3ccccc32)cc1. The summed E-state index contributed by atoms with van der Waals surface area (Å²) >= 11 is 0. The average molecular weight is 520 g/mol. The third-order valence-electron chi connectivity index (χ3n) is 6.98. The number of sulfonamides is 1. The lowest BCUT2D eigenvalue weighted by Gasteiger charge is -2.34. The van der Waals surface area contributed by atoms with Crippen molar-refractivity contribution in [3.8, 4) is 5.75 Å². The monoisotopic (exact) mass is 519 g/mol. The lowest BCUT2D eigenvalue weighted by molar-refractivity contribution is -0.127. The number of benzene rings is 3. The summed E-state index contributed by atoms with van der Waals surface area (Å²) in [5.74, 6) is 0.0163. The highest BCUT2D eigenvalue weighted by molar-refractivity contribution is 7.92. The van der Waals surface area contributed by atoms with Gasteiger partial charge in [0.2, 0.25) is 0 Å². The van der Waals surface area contributed by atoms with Gasteiger partial charge in [-0.05, 0) is 68.2 Å². The highest BCUT2D eigenvalue weighted by Crippen LogP contribution is 2.36. The van der Waals surface area contributed by atoms with Crippen molar-refractivity contribution in [2.24, 2.45) is 0 Å². The molecule has 2 aliphatic rings. The van der Waals surface area contributed by atoms with Crippen LogP contribution in [-0.2, 0) is 27.9 Å². The molecule has 3 aromatic rings. The highest BCUT2D eigenvalue weighted by Gasteiger charge is 2.37. The van der Waals surface area contributed by atoms with Crippen molar-refractivity contribution in [3.63, 3.8) is 0 Å². The van der Waals surface area contributed by atoms with Crippen LogP contribution in [0.25, 0.3) is 0 Å². The normalized spacial score (nSPS) is 18.1. The van der Waals surface area contributed by atoms with E-state index in [1.54, 1.807) is 48.5 Å². The summed E-state index contributed by atoms with van der Waals surface area (Å²) < 4.78 is 34.3. The Balaban J connectivity index is 1.26. The van der Waals surface area contributed by atoms with E-state index in [9.17, 15) is 13.2 Å². The van der Waals surface area contributed by atoms with Crippen LogP contribution in [-0.4, -0.2) is 45.0 Å². The molecule has 5 rings (SSSR count). The van der Waals surface area contributed by atoms with E-state index in [0.717, 1.165) is 30.8 Å². The van der Waals surface area contributed by atoms with Crippen LogP contribution in [0.1, 0.15) is 36.0 Å². The molecule has 0 radical (unpaired) electrons. The minimum Gasteiger partial charge on any atom is -0.476 e. The number of hydrogen-bond acceptors (Lipinski definition) is 5. The number of para-hydroxylation sites is 2. The number of nitrogens with one attached hydrogen (secondary N) is 1. The maximum absolute atomic E-state index is 13.5. The minimum atomic E-state index is -3.87. The van der Waals surface area contributed by atoms with Gasteiger partial charge in [-0.3, -0.25) is 14.0 Å². The number of hydrogen-bond donors (Lipinski definition) is 1. The number of likely N-dealkylation sites (tertiary alicyclic amines) is 1. The van der Waals surface area contributed by atoms with Crippen molar-refractivity contribution in [2.75, 3.05) is 23.9 Å². The summed E-state index contributed by atoms with van der Waals surface area (Å²) in [6, 6.07) is 21.9. The van der Waals surface area contributed by atoms with Crippen LogP contribution in [0.3, 0.4) is 0 Å². The third-order valence-corrected chi connectivity index (χ3v) is 8.77. The number of ether oxygens (including phenoxy) is 1. The van der Waals surface area contributed by atoms with Crippen molar-refractivity contribution in [2.45, 2.75) is 50.3 Å². The zero-order valence-corrected chi connectivity index (χ0v) is 21.9. The molecule has 1 atom stereocenters. The number of carbonyl (C=O) groups is 1. The smallest absolute Gasteiger partial charge is 0.264 e. The van der Waals surface area contributed by atoms with E-state index in [0.29, 0.717) is 18.0 Å². The van der Waals surface area contributed by atoms with Crippen molar-refractivity contribution in [1.29, 1.82) is 0 Å². The molecule has 1 fully saturated rings. The molecule has 8 heteroatoms. The van der Waals surface area contributed by atoms with Crippen molar-refractivity contribution < 1.29 is 17.9 Å². The molecular weight excluding hydrogens is 486 g/mol. The lowest BCUT2D eigenvalue weighted by Crippen LogP contribution is -2.50. The number of anilines is 1. The Labute approximate surface area is 219 Å². The maximum atomic E-state index is 13.5. The van der Waals surface area contributed by atoms with Crippen molar-refractivity contribution in [1.82, 2.24) is 10.2 Å². The molecule has 3 aromatic carbocycles. The van der Waals surface area contributed by atoms with E-state index < -0.39 is 16.1 Å². The van der Waals surface area contributed by atoms with Gasteiger partial charge in [-0.15, -0.1) is 0 Å². The Kier molecular flexibility index (Phi) is 7.48. The van der Waals surface area contributed by atoms with E-state index in [2.05, 4.69) is 22.3 Å². The zero-order valence-electron chi connectivity index (χ0n) is 21.1. The molecule has 0 unspecified atom stereocenters. The Morgan fingerprint density at radius 2 is 1.59 bits per heavy atom. The van der Waals surface area contributed by atoms with Crippen LogP contribution < -0.4 is 14.4 Å². The molecule has 0 aliphatic carbocycles. The Hall–Kier alpha value is -3.36. The Bertz CT molecular complexity index is 1330. The van der Waals surface area contributed by atoms with Gasteiger partial charge in [-0.25, -0.2) is 8.42 Å². The summed E-state index contributed by atoms with van der Waals surface area (Å²) in [4.78, 5) is 15.8. The highest BCUT2D eigenvalue weighted by atomic mass is 32.2.